The van der Waals surface area contributed by atoms with Gasteiger partial charge in [-0.3, -0.25) is 9.36 Å². The fourth-order valence-corrected chi connectivity index (χ4v) is 3.07. The van der Waals surface area contributed by atoms with Gasteiger partial charge in [-0.05, 0) is 67.6 Å². The monoisotopic (exact) mass is 388 g/mol. The predicted molar refractivity (Wildman–Crippen MR) is 111 cm³/mol. The van der Waals surface area contributed by atoms with Crippen LogP contribution in [0.5, 0.6) is 0 Å². The average Bonchev–Trinajstić information content (AvgIpc) is 2.71. The van der Waals surface area contributed by atoms with Crippen molar-refractivity contribution in [1.82, 2.24) is 9.55 Å². The predicted octanol–water partition coefficient (Wildman–Crippen LogP) is 4.48. The number of anilines is 2. The molecule has 0 fully saturated rings. The van der Waals surface area contributed by atoms with E-state index in [1.807, 2.05) is 6.07 Å². The number of amides is 2. The van der Waals surface area contributed by atoms with E-state index in [0.717, 1.165) is 0 Å². The van der Waals surface area contributed by atoms with Crippen LogP contribution in [0.3, 0.4) is 0 Å². The molecule has 4 aromatic rings. The van der Waals surface area contributed by atoms with Crippen LogP contribution in [0, 0.1) is 12.7 Å². The lowest BCUT2D eigenvalue weighted by Crippen LogP contribution is -2.22. The van der Waals surface area contributed by atoms with Crippen LogP contribution in [0.1, 0.15) is 5.82 Å². The normalized spacial score (nSPS) is 10.7. The van der Waals surface area contributed by atoms with Crippen molar-refractivity contribution in [3.05, 3.63) is 94.8 Å². The van der Waals surface area contributed by atoms with E-state index in [9.17, 15) is 14.0 Å². The molecule has 2 amide bonds. The van der Waals surface area contributed by atoms with E-state index < -0.39 is 6.03 Å². The van der Waals surface area contributed by atoms with Gasteiger partial charge in [0.15, 0.2) is 0 Å². The number of aromatic nitrogens is 2. The van der Waals surface area contributed by atoms with E-state index in [1.54, 1.807) is 49.4 Å². The molecule has 2 N–H and O–H groups in total. The summed E-state index contributed by atoms with van der Waals surface area (Å²) in [5.74, 6) is 0.198. The zero-order chi connectivity index (χ0) is 20.4. The third kappa shape index (κ3) is 3.84. The van der Waals surface area contributed by atoms with Crippen LogP contribution in [0.25, 0.3) is 16.6 Å². The molecule has 144 valence electrons. The molecule has 0 saturated carbocycles. The minimum Gasteiger partial charge on any atom is -0.308 e. The average molecular weight is 388 g/mol. The molecule has 0 radical (unpaired) electrons. The van der Waals surface area contributed by atoms with Gasteiger partial charge in [0.2, 0.25) is 0 Å². The number of halogens is 1. The molecular formula is C22H17FN4O2. The van der Waals surface area contributed by atoms with Gasteiger partial charge in [-0.15, -0.1) is 0 Å². The first kappa shape index (κ1) is 18.4. The summed E-state index contributed by atoms with van der Waals surface area (Å²) in [6.07, 6.45) is 0. The maximum atomic E-state index is 12.9. The zero-order valence-corrected chi connectivity index (χ0v) is 15.5. The van der Waals surface area contributed by atoms with E-state index in [4.69, 9.17) is 0 Å². The van der Waals surface area contributed by atoms with Crippen molar-refractivity contribution in [3.63, 3.8) is 0 Å². The van der Waals surface area contributed by atoms with Gasteiger partial charge in [-0.1, -0.05) is 12.1 Å². The number of hydrogen-bond donors (Lipinski definition) is 2. The number of benzene rings is 3. The van der Waals surface area contributed by atoms with Crippen LogP contribution in [0.4, 0.5) is 20.6 Å². The molecule has 6 nitrogen and oxygen atoms in total. The Hall–Kier alpha value is -4.00. The highest BCUT2D eigenvalue weighted by Gasteiger charge is 2.10. The van der Waals surface area contributed by atoms with Crippen LogP contribution in [-0.4, -0.2) is 15.6 Å². The van der Waals surface area contributed by atoms with Crippen LogP contribution in [0.2, 0.25) is 0 Å². The molecule has 0 aliphatic rings. The van der Waals surface area contributed by atoms with Gasteiger partial charge >= 0.3 is 6.03 Å². The number of urea groups is 1. The Morgan fingerprint density at radius 2 is 1.48 bits per heavy atom. The Balaban J connectivity index is 1.55. The Morgan fingerprint density at radius 3 is 2.14 bits per heavy atom. The number of fused-ring (bicyclic) bond motifs is 1. The van der Waals surface area contributed by atoms with Crippen molar-refractivity contribution < 1.29 is 9.18 Å². The van der Waals surface area contributed by atoms with Crippen molar-refractivity contribution in [3.8, 4) is 5.69 Å². The largest absolute Gasteiger partial charge is 0.323 e. The number of nitrogens with zero attached hydrogens (tertiary/aromatic N) is 2. The van der Waals surface area contributed by atoms with Gasteiger partial charge in [-0.2, -0.15) is 0 Å². The molecule has 0 spiro atoms. The first-order valence-corrected chi connectivity index (χ1v) is 8.94. The van der Waals surface area contributed by atoms with Gasteiger partial charge in [0.1, 0.15) is 11.6 Å². The second kappa shape index (κ2) is 7.55. The van der Waals surface area contributed by atoms with Crippen molar-refractivity contribution in [2.75, 3.05) is 10.6 Å². The summed E-state index contributed by atoms with van der Waals surface area (Å²) >= 11 is 0. The SMILES string of the molecule is Cc1nc2ccccc2c(=O)n1-c1ccc(NC(=O)Nc2ccc(F)cc2)cc1. The van der Waals surface area contributed by atoms with Gasteiger partial charge in [0.05, 0.1) is 16.6 Å². The maximum Gasteiger partial charge on any atom is 0.323 e. The molecule has 0 saturated heterocycles. The Morgan fingerprint density at radius 1 is 0.897 bits per heavy atom. The lowest BCUT2D eigenvalue weighted by Gasteiger charge is -2.12. The standard InChI is InChI=1S/C22H17FN4O2/c1-14-24-20-5-3-2-4-19(20)21(28)27(14)18-12-10-17(11-13-18)26-22(29)25-16-8-6-15(23)7-9-16/h2-13H,1H3,(H2,25,26,29). The fraction of sp³-hybridized carbons (Fsp3) is 0.0455. The Bertz CT molecular complexity index is 1250. The van der Waals surface area contributed by atoms with E-state index in [0.29, 0.717) is 33.8 Å². The Labute approximate surface area is 165 Å². The van der Waals surface area contributed by atoms with Gasteiger partial charge in [0, 0.05) is 11.4 Å². The second-order valence-electron chi connectivity index (χ2n) is 6.45. The number of para-hydroxylation sites is 1. The molecule has 0 bridgehead atoms. The van der Waals surface area contributed by atoms with Crippen LogP contribution < -0.4 is 16.2 Å². The van der Waals surface area contributed by atoms with E-state index in [-0.39, 0.29) is 11.4 Å². The summed E-state index contributed by atoms with van der Waals surface area (Å²) in [4.78, 5) is 29.4. The smallest absolute Gasteiger partial charge is 0.308 e. The van der Waals surface area contributed by atoms with Crippen LogP contribution >= 0.6 is 0 Å². The molecule has 1 aromatic heterocycles. The van der Waals surface area contributed by atoms with Gasteiger partial charge < -0.3 is 10.6 Å². The van der Waals surface area contributed by atoms with Crippen LogP contribution in [-0.2, 0) is 0 Å². The van der Waals surface area contributed by atoms with Gasteiger partial charge in [-0.25, -0.2) is 14.2 Å². The summed E-state index contributed by atoms with van der Waals surface area (Å²) in [6, 6.07) is 19.1. The molecule has 29 heavy (non-hydrogen) atoms. The number of aryl methyl sites for hydroxylation is 1. The van der Waals surface area contributed by atoms with E-state index in [1.165, 1.54) is 28.8 Å². The highest BCUT2D eigenvalue weighted by atomic mass is 19.1. The fourth-order valence-electron chi connectivity index (χ4n) is 3.07. The first-order valence-electron chi connectivity index (χ1n) is 8.94. The molecule has 4 rings (SSSR count). The van der Waals surface area contributed by atoms with E-state index >= 15 is 0 Å². The molecular weight excluding hydrogens is 371 g/mol. The summed E-state index contributed by atoms with van der Waals surface area (Å²) in [5.41, 5.74) is 2.18. The Kier molecular flexibility index (Phi) is 4.78. The lowest BCUT2D eigenvalue weighted by molar-refractivity contribution is 0.262. The van der Waals surface area contributed by atoms with Crippen LogP contribution in [0.15, 0.2) is 77.6 Å². The topological polar surface area (TPSA) is 76.0 Å². The molecule has 0 atom stereocenters. The molecule has 1 heterocycles. The van der Waals surface area contributed by atoms with Crippen molar-refractivity contribution in [2.24, 2.45) is 0 Å². The number of nitrogens with one attached hydrogen (secondary N) is 2. The molecule has 0 aliphatic heterocycles. The summed E-state index contributed by atoms with van der Waals surface area (Å²) in [7, 11) is 0. The zero-order valence-electron chi connectivity index (χ0n) is 15.5. The number of carbonyl (C=O) groups excluding carboxylic acids is 1. The number of rotatable bonds is 3. The molecule has 3 aromatic carbocycles. The molecule has 0 unspecified atom stereocenters. The highest BCUT2D eigenvalue weighted by molar-refractivity contribution is 5.99. The first-order chi connectivity index (χ1) is 14.0. The van der Waals surface area contributed by atoms with Gasteiger partial charge in [0.25, 0.3) is 5.56 Å². The van der Waals surface area contributed by atoms with Crippen molar-refractivity contribution in [1.29, 1.82) is 0 Å². The lowest BCUT2D eigenvalue weighted by atomic mass is 10.2. The maximum absolute atomic E-state index is 12.9. The number of carbonyl (C=O) groups is 1. The third-order valence-electron chi connectivity index (χ3n) is 4.43. The van der Waals surface area contributed by atoms with Crippen molar-refractivity contribution >= 4 is 28.3 Å². The van der Waals surface area contributed by atoms with E-state index in [2.05, 4.69) is 15.6 Å². The summed E-state index contributed by atoms with van der Waals surface area (Å²) in [5, 5.41) is 5.86. The quantitative estimate of drug-likeness (QED) is 0.543. The number of hydrogen-bond acceptors (Lipinski definition) is 3. The molecule has 7 heteroatoms. The summed E-state index contributed by atoms with van der Waals surface area (Å²) < 4.78 is 14.5. The summed E-state index contributed by atoms with van der Waals surface area (Å²) in [6.45, 7) is 1.77. The highest BCUT2D eigenvalue weighted by Crippen LogP contribution is 2.16. The third-order valence-corrected chi connectivity index (χ3v) is 4.43. The minimum atomic E-state index is -0.454. The minimum absolute atomic E-state index is 0.150. The van der Waals surface area contributed by atoms with Crippen molar-refractivity contribution in [2.45, 2.75) is 6.92 Å². The second-order valence-corrected chi connectivity index (χ2v) is 6.45. The molecule has 0 aliphatic carbocycles.